The van der Waals surface area contributed by atoms with E-state index in [1.54, 1.807) is 0 Å². The molecular weight excluding hydrogens is 194 g/mol. The molecule has 1 aliphatic rings. The third-order valence-electron chi connectivity index (χ3n) is 3.18. The summed E-state index contributed by atoms with van der Waals surface area (Å²) in [5.74, 6) is 1.46. The summed E-state index contributed by atoms with van der Waals surface area (Å²) in [6.07, 6.45) is 5.51. The highest BCUT2D eigenvalue weighted by Gasteiger charge is 2.24. The molecule has 0 radical (unpaired) electrons. The van der Waals surface area contributed by atoms with Crippen LogP contribution in [0.4, 0.5) is 0 Å². The van der Waals surface area contributed by atoms with Crippen molar-refractivity contribution in [3.05, 3.63) is 0 Å². The van der Waals surface area contributed by atoms with Gasteiger partial charge in [0.15, 0.2) is 0 Å². The Hall–Kier alpha value is 0.110. The zero-order valence-corrected chi connectivity index (χ0v) is 10.2. The maximum Gasteiger partial charge on any atom is 0.0362 e. The molecule has 3 heteroatoms. The molecular formula is C11H23NOS. The fourth-order valence-corrected chi connectivity index (χ4v) is 3.91. The van der Waals surface area contributed by atoms with Crippen molar-refractivity contribution in [1.82, 2.24) is 0 Å². The fourth-order valence-electron chi connectivity index (χ4n) is 1.95. The Balaban J connectivity index is 2.36. The van der Waals surface area contributed by atoms with Crippen LogP contribution in [-0.4, -0.2) is 21.3 Å². The van der Waals surface area contributed by atoms with E-state index in [0.717, 1.165) is 37.9 Å². The molecule has 1 aliphatic carbocycles. The third-order valence-corrected chi connectivity index (χ3v) is 5.25. The van der Waals surface area contributed by atoms with E-state index in [0.29, 0.717) is 17.2 Å². The molecule has 0 bridgehead atoms. The van der Waals surface area contributed by atoms with Crippen LogP contribution < -0.4 is 5.73 Å². The molecule has 0 amide bonds. The van der Waals surface area contributed by atoms with E-state index in [-0.39, 0.29) is 0 Å². The highest BCUT2D eigenvalue weighted by atomic mass is 32.2. The van der Waals surface area contributed by atoms with Gasteiger partial charge in [-0.2, -0.15) is 0 Å². The number of hydrogen-bond donors (Lipinski definition) is 1. The van der Waals surface area contributed by atoms with Crippen molar-refractivity contribution in [2.75, 3.05) is 5.75 Å². The SMILES string of the molecule is CCC(C)CS(=O)C1CCCC(N)C1. The first kappa shape index (κ1) is 12.2. The summed E-state index contributed by atoms with van der Waals surface area (Å²) in [5.41, 5.74) is 5.89. The van der Waals surface area contributed by atoms with E-state index in [1.807, 2.05) is 0 Å². The highest BCUT2D eigenvalue weighted by Crippen LogP contribution is 2.22. The Labute approximate surface area is 90.1 Å². The van der Waals surface area contributed by atoms with Crippen LogP contribution in [0.3, 0.4) is 0 Å². The van der Waals surface area contributed by atoms with E-state index in [2.05, 4.69) is 13.8 Å². The van der Waals surface area contributed by atoms with Gasteiger partial charge < -0.3 is 5.73 Å². The molecule has 2 N–H and O–H groups in total. The zero-order chi connectivity index (χ0) is 10.6. The Morgan fingerprint density at radius 3 is 2.79 bits per heavy atom. The standard InChI is InChI=1S/C11H23NOS/c1-3-9(2)8-14(13)11-6-4-5-10(12)7-11/h9-11H,3-8,12H2,1-2H3. The average Bonchev–Trinajstić information content (AvgIpc) is 2.17. The van der Waals surface area contributed by atoms with Gasteiger partial charge in [0, 0.05) is 27.8 Å². The smallest absolute Gasteiger partial charge is 0.0362 e. The summed E-state index contributed by atoms with van der Waals surface area (Å²) in [6.45, 7) is 4.34. The Kier molecular flexibility index (Phi) is 5.10. The first-order chi connectivity index (χ1) is 6.63. The normalized spacial score (nSPS) is 32.5. The van der Waals surface area contributed by atoms with E-state index >= 15 is 0 Å². The lowest BCUT2D eigenvalue weighted by Gasteiger charge is -2.26. The molecule has 0 heterocycles. The van der Waals surface area contributed by atoms with Crippen LogP contribution >= 0.6 is 0 Å². The first-order valence-corrected chi connectivity index (χ1v) is 7.14. The molecule has 0 saturated heterocycles. The molecule has 4 unspecified atom stereocenters. The molecule has 4 atom stereocenters. The topological polar surface area (TPSA) is 43.1 Å². The van der Waals surface area contributed by atoms with Crippen molar-refractivity contribution < 1.29 is 4.21 Å². The summed E-state index contributed by atoms with van der Waals surface area (Å²) in [5, 5.41) is 0.382. The minimum Gasteiger partial charge on any atom is -0.328 e. The molecule has 84 valence electrons. The number of rotatable bonds is 4. The predicted octanol–water partition coefficient (Wildman–Crippen LogP) is 2.05. The quantitative estimate of drug-likeness (QED) is 0.783. The highest BCUT2D eigenvalue weighted by molar-refractivity contribution is 7.85. The molecule has 14 heavy (non-hydrogen) atoms. The van der Waals surface area contributed by atoms with Crippen LogP contribution in [0.1, 0.15) is 46.0 Å². The van der Waals surface area contributed by atoms with Gasteiger partial charge in [0.2, 0.25) is 0 Å². The lowest BCUT2D eigenvalue weighted by Crippen LogP contribution is -2.34. The third kappa shape index (κ3) is 3.70. The average molecular weight is 217 g/mol. The van der Waals surface area contributed by atoms with Gasteiger partial charge in [0.05, 0.1) is 0 Å². The molecule has 1 rings (SSSR count). The molecule has 0 aromatic heterocycles. The lowest BCUT2D eigenvalue weighted by atomic mass is 9.96. The lowest BCUT2D eigenvalue weighted by molar-refractivity contribution is 0.443. The van der Waals surface area contributed by atoms with Gasteiger partial charge in [-0.05, 0) is 25.2 Å². The molecule has 0 spiro atoms. The number of nitrogens with two attached hydrogens (primary N) is 1. The zero-order valence-electron chi connectivity index (χ0n) is 9.37. The van der Waals surface area contributed by atoms with Gasteiger partial charge in [-0.1, -0.05) is 26.7 Å². The molecule has 1 saturated carbocycles. The summed E-state index contributed by atoms with van der Waals surface area (Å²) in [7, 11) is -0.637. The maximum absolute atomic E-state index is 12.0. The molecule has 0 aromatic carbocycles. The molecule has 1 fully saturated rings. The molecule has 2 nitrogen and oxygen atoms in total. The van der Waals surface area contributed by atoms with Crippen LogP contribution in [0, 0.1) is 5.92 Å². The second kappa shape index (κ2) is 5.86. The fraction of sp³-hybridized carbons (Fsp3) is 1.00. The largest absolute Gasteiger partial charge is 0.328 e. The Bertz CT molecular complexity index is 196. The van der Waals surface area contributed by atoms with E-state index in [9.17, 15) is 4.21 Å². The minimum atomic E-state index is -0.637. The minimum absolute atomic E-state index is 0.301. The van der Waals surface area contributed by atoms with Crippen LogP contribution in [0.5, 0.6) is 0 Å². The monoisotopic (exact) mass is 217 g/mol. The van der Waals surface area contributed by atoms with E-state index in [4.69, 9.17) is 5.73 Å². The Morgan fingerprint density at radius 1 is 1.50 bits per heavy atom. The van der Waals surface area contributed by atoms with Crippen molar-refractivity contribution in [3.63, 3.8) is 0 Å². The maximum atomic E-state index is 12.0. The summed E-state index contributed by atoms with van der Waals surface area (Å²) >= 11 is 0. The first-order valence-electron chi connectivity index (χ1n) is 5.76. The summed E-state index contributed by atoms with van der Waals surface area (Å²) in [6, 6.07) is 0.301. The van der Waals surface area contributed by atoms with Crippen molar-refractivity contribution in [3.8, 4) is 0 Å². The predicted molar refractivity (Wildman–Crippen MR) is 62.7 cm³/mol. The van der Waals surface area contributed by atoms with Crippen molar-refractivity contribution >= 4 is 10.8 Å². The van der Waals surface area contributed by atoms with Crippen molar-refractivity contribution in [2.24, 2.45) is 11.7 Å². The molecule has 0 aliphatic heterocycles. The second-order valence-corrected chi connectivity index (χ2v) is 6.37. The van der Waals surface area contributed by atoms with Crippen LogP contribution in [-0.2, 0) is 10.8 Å². The van der Waals surface area contributed by atoms with Gasteiger partial charge in [0.1, 0.15) is 0 Å². The van der Waals surface area contributed by atoms with Gasteiger partial charge in [0.25, 0.3) is 0 Å². The second-order valence-electron chi connectivity index (χ2n) is 4.61. The van der Waals surface area contributed by atoms with E-state index < -0.39 is 10.8 Å². The van der Waals surface area contributed by atoms with Crippen LogP contribution in [0.25, 0.3) is 0 Å². The summed E-state index contributed by atoms with van der Waals surface area (Å²) < 4.78 is 12.0. The molecule has 0 aromatic rings. The number of hydrogen-bond acceptors (Lipinski definition) is 2. The van der Waals surface area contributed by atoms with E-state index in [1.165, 1.54) is 0 Å². The van der Waals surface area contributed by atoms with Crippen molar-refractivity contribution in [1.29, 1.82) is 0 Å². The van der Waals surface area contributed by atoms with Crippen LogP contribution in [0.2, 0.25) is 0 Å². The van der Waals surface area contributed by atoms with Crippen LogP contribution in [0.15, 0.2) is 0 Å². The van der Waals surface area contributed by atoms with Gasteiger partial charge in [-0.3, -0.25) is 4.21 Å². The summed E-state index contributed by atoms with van der Waals surface area (Å²) in [4.78, 5) is 0. The van der Waals surface area contributed by atoms with Crippen molar-refractivity contribution in [2.45, 2.75) is 57.2 Å². The van der Waals surface area contributed by atoms with Gasteiger partial charge in [-0.15, -0.1) is 0 Å². The Morgan fingerprint density at radius 2 is 2.21 bits per heavy atom. The van der Waals surface area contributed by atoms with Gasteiger partial charge in [-0.25, -0.2) is 0 Å². The van der Waals surface area contributed by atoms with Gasteiger partial charge >= 0.3 is 0 Å².